The van der Waals surface area contributed by atoms with Crippen molar-refractivity contribution in [1.82, 2.24) is 14.8 Å². The zero-order valence-corrected chi connectivity index (χ0v) is 12.3. The minimum absolute atomic E-state index is 0.309. The quantitative estimate of drug-likeness (QED) is 0.931. The lowest BCUT2D eigenvalue weighted by molar-refractivity contribution is 0.473. The van der Waals surface area contributed by atoms with E-state index in [9.17, 15) is 0 Å². The van der Waals surface area contributed by atoms with Crippen molar-refractivity contribution in [2.24, 2.45) is 5.92 Å². The molecule has 1 aliphatic rings. The van der Waals surface area contributed by atoms with E-state index in [0.717, 1.165) is 31.1 Å². The van der Waals surface area contributed by atoms with Crippen LogP contribution in [0.25, 0.3) is 0 Å². The summed E-state index contributed by atoms with van der Waals surface area (Å²) in [5.41, 5.74) is 1.19. The van der Waals surface area contributed by atoms with Crippen LogP contribution in [0.5, 0.6) is 0 Å². The highest BCUT2D eigenvalue weighted by Gasteiger charge is 2.24. The largest absolute Gasteiger partial charge is 0.370 e. The Labute approximate surface area is 117 Å². The number of fused-ring (bicyclic) bond motifs is 1. The molecule has 0 aliphatic carbocycles. The van der Waals surface area contributed by atoms with Crippen LogP contribution in [-0.2, 0) is 6.42 Å². The van der Waals surface area contributed by atoms with Gasteiger partial charge >= 0.3 is 0 Å². The number of nitrogens with one attached hydrogen (secondary N) is 1. The molecule has 0 saturated heterocycles. The third-order valence-corrected chi connectivity index (χ3v) is 4.40. The molecule has 1 aliphatic heterocycles. The molecule has 3 rings (SSSR count). The van der Waals surface area contributed by atoms with Gasteiger partial charge in [-0.3, -0.25) is 0 Å². The van der Waals surface area contributed by atoms with Gasteiger partial charge in [0.15, 0.2) is 0 Å². The van der Waals surface area contributed by atoms with Crippen molar-refractivity contribution in [1.29, 1.82) is 0 Å². The number of aromatic nitrogens is 3. The second-order valence-corrected chi connectivity index (χ2v) is 6.43. The van der Waals surface area contributed by atoms with Crippen molar-refractivity contribution in [2.75, 3.05) is 11.9 Å². The topological polar surface area (TPSA) is 42.7 Å². The van der Waals surface area contributed by atoms with E-state index in [-0.39, 0.29) is 0 Å². The standard InChI is InChI=1S/C14H20N4S/c1-10(2)3-4-11-9-13-15-6-5-12(18(13)17-11)14-16-7-8-19-14/h7-10,12,15H,3-6H2,1-2H3. The monoisotopic (exact) mass is 276 g/mol. The van der Waals surface area contributed by atoms with E-state index in [1.165, 1.54) is 17.1 Å². The summed E-state index contributed by atoms with van der Waals surface area (Å²) in [6, 6.07) is 2.51. The predicted molar refractivity (Wildman–Crippen MR) is 78.7 cm³/mol. The predicted octanol–water partition coefficient (Wildman–Crippen LogP) is 3.33. The molecule has 0 bridgehead atoms. The number of hydrogen-bond acceptors (Lipinski definition) is 4. The molecule has 0 fully saturated rings. The van der Waals surface area contributed by atoms with Gasteiger partial charge in [-0.15, -0.1) is 11.3 Å². The van der Waals surface area contributed by atoms with Gasteiger partial charge in [0.25, 0.3) is 0 Å². The van der Waals surface area contributed by atoms with Crippen LogP contribution in [-0.4, -0.2) is 21.3 Å². The highest BCUT2D eigenvalue weighted by molar-refractivity contribution is 7.09. The highest BCUT2D eigenvalue weighted by Crippen LogP contribution is 2.31. The first-order chi connectivity index (χ1) is 9.24. The van der Waals surface area contributed by atoms with Crippen molar-refractivity contribution in [3.63, 3.8) is 0 Å². The molecule has 1 unspecified atom stereocenters. The van der Waals surface area contributed by atoms with Gasteiger partial charge in [-0.2, -0.15) is 5.10 Å². The molecule has 5 heteroatoms. The maximum atomic E-state index is 4.78. The highest BCUT2D eigenvalue weighted by atomic mass is 32.1. The van der Waals surface area contributed by atoms with Gasteiger partial charge in [0.1, 0.15) is 16.9 Å². The second-order valence-electron chi connectivity index (χ2n) is 5.50. The molecule has 2 aromatic heterocycles. The Balaban J connectivity index is 1.84. The summed E-state index contributed by atoms with van der Waals surface area (Å²) in [5, 5.41) is 11.4. The molecule has 3 heterocycles. The summed E-state index contributed by atoms with van der Waals surface area (Å²) in [6.07, 6.45) is 5.19. The number of thiazole rings is 1. The van der Waals surface area contributed by atoms with E-state index >= 15 is 0 Å². The number of anilines is 1. The molecule has 19 heavy (non-hydrogen) atoms. The normalized spacial score (nSPS) is 18.4. The summed E-state index contributed by atoms with van der Waals surface area (Å²) in [5.74, 6) is 1.87. The van der Waals surface area contributed by atoms with Gasteiger partial charge in [0.05, 0.1) is 5.69 Å². The molecule has 4 nitrogen and oxygen atoms in total. The molecule has 0 saturated carbocycles. The van der Waals surface area contributed by atoms with Crippen LogP contribution in [0.4, 0.5) is 5.82 Å². The van der Waals surface area contributed by atoms with Crippen molar-refractivity contribution < 1.29 is 0 Å². The Hall–Kier alpha value is -1.36. The van der Waals surface area contributed by atoms with Gasteiger partial charge in [-0.25, -0.2) is 9.67 Å². The summed E-state index contributed by atoms with van der Waals surface area (Å²) in [6.45, 7) is 5.51. The van der Waals surface area contributed by atoms with Crippen LogP contribution in [0.1, 0.15) is 43.4 Å². The molecule has 1 atom stereocenters. The van der Waals surface area contributed by atoms with Gasteiger partial charge in [0.2, 0.25) is 0 Å². The Kier molecular flexibility index (Phi) is 3.55. The maximum Gasteiger partial charge on any atom is 0.125 e. The first-order valence-electron chi connectivity index (χ1n) is 6.95. The average Bonchev–Trinajstić information content (AvgIpc) is 3.04. The van der Waals surface area contributed by atoms with E-state index in [1.807, 2.05) is 11.6 Å². The van der Waals surface area contributed by atoms with E-state index in [2.05, 4.69) is 34.9 Å². The smallest absolute Gasteiger partial charge is 0.125 e. The molecule has 0 aromatic carbocycles. The van der Waals surface area contributed by atoms with Gasteiger partial charge < -0.3 is 5.32 Å². The average molecular weight is 276 g/mol. The fourth-order valence-corrected chi connectivity index (χ4v) is 3.22. The second kappa shape index (κ2) is 5.33. The van der Waals surface area contributed by atoms with Crippen LogP contribution in [0.3, 0.4) is 0 Å². The van der Waals surface area contributed by atoms with Crippen molar-refractivity contribution in [3.05, 3.63) is 28.3 Å². The summed E-state index contributed by atoms with van der Waals surface area (Å²) in [4.78, 5) is 4.45. The lowest BCUT2D eigenvalue weighted by Crippen LogP contribution is -2.24. The first-order valence-corrected chi connectivity index (χ1v) is 7.83. The van der Waals surface area contributed by atoms with Gasteiger partial charge in [-0.1, -0.05) is 13.8 Å². The van der Waals surface area contributed by atoms with Crippen LogP contribution in [0.2, 0.25) is 0 Å². The van der Waals surface area contributed by atoms with E-state index in [1.54, 1.807) is 11.3 Å². The Bertz CT molecular complexity index is 530. The maximum absolute atomic E-state index is 4.78. The van der Waals surface area contributed by atoms with Crippen molar-refractivity contribution >= 4 is 17.2 Å². The van der Waals surface area contributed by atoms with Crippen LogP contribution >= 0.6 is 11.3 Å². The van der Waals surface area contributed by atoms with E-state index in [4.69, 9.17) is 5.10 Å². The van der Waals surface area contributed by atoms with Gasteiger partial charge in [0, 0.05) is 24.2 Å². The lowest BCUT2D eigenvalue weighted by atomic mass is 10.1. The number of hydrogen-bond donors (Lipinski definition) is 1. The third kappa shape index (κ3) is 2.66. The molecule has 102 valence electrons. The summed E-state index contributed by atoms with van der Waals surface area (Å²) < 4.78 is 2.12. The summed E-state index contributed by atoms with van der Waals surface area (Å²) in [7, 11) is 0. The third-order valence-electron chi connectivity index (χ3n) is 3.52. The number of rotatable bonds is 4. The Morgan fingerprint density at radius 2 is 2.42 bits per heavy atom. The van der Waals surface area contributed by atoms with E-state index < -0.39 is 0 Å². The zero-order valence-electron chi connectivity index (χ0n) is 11.5. The SMILES string of the molecule is CC(C)CCc1cc2n(n1)C(c1nccs1)CCN2. The Morgan fingerprint density at radius 3 is 3.16 bits per heavy atom. The molecule has 0 radical (unpaired) electrons. The van der Waals surface area contributed by atoms with Crippen LogP contribution < -0.4 is 5.32 Å². The summed E-state index contributed by atoms with van der Waals surface area (Å²) >= 11 is 1.72. The minimum Gasteiger partial charge on any atom is -0.370 e. The fraction of sp³-hybridized carbons (Fsp3) is 0.571. The van der Waals surface area contributed by atoms with Crippen molar-refractivity contribution in [3.8, 4) is 0 Å². The van der Waals surface area contributed by atoms with E-state index in [0.29, 0.717) is 6.04 Å². The zero-order chi connectivity index (χ0) is 13.2. The molecular formula is C14H20N4S. The van der Waals surface area contributed by atoms with Gasteiger partial charge in [-0.05, 0) is 25.2 Å². The Morgan fingerprint density at radius 1 is 1.53 bits per heavy atom. The van der Waals surface area contributed by atoms with Crippen molar-refractivity contribution in [2.45, 2.75) is 39.2 Å². The fourth-order valence-electron chi connectivity index (χ4n) is 2.46. The van der Waals surface area contributed by atoms with Crippen LogP contribution in [0.15, 0.2) is 17.6 Å². The number of aryl methyl sites for hydroxylation is 1. The molecule has 0 spiro atoms. The lowest BCUT2D eigenvalue weighted by Gasteiger charge is -2.23. The molecule has 2 aromatic rings. The molecule has 1 N–H and O–H groups in total. The molecular weight excluding hydrogens is 256 g/mol. The first kappa shape index (κ1) is 12.7. The minimum atomic E-state index is 0.309. The van der Waals surface area contributed by atoms with Crippen LogP contribution in [0, 0.1) is 5.92 Å². The molecule has 0 amide bonds. The number of nitrogens with zero attached hydrogens (tertiary/aromatic N) is 3.